The number of amides is 2. The highest BCUT2D eigenvalue weighted by atomic mass is 32.2. The zero-order valence-electron chi connectivity index (χ0n) is 18.5. The third-order valence-electron chi connectivity index (χ3n) is 5.00. The van der Waals surface area contributed by atoms with E-state index in [2.05, 4.69) is 5.32 Å². The van der Waals surface area contributed by atoms with E-state index in [1.807, 2.05) is 44.2 Å². The average molecular weight is 446 g/mol. The van der Waals surface area contributed by atoms with E-state index in [0.29, 0.717) is 6.54 Å². The Balaban J connectivity index is 2.22. The summed E-state index contributed by atoms with van der Waals surface area (Å²) < 4.78 is 26.8. The van der Waals surface area contributed by atoms with E-state index in [9.17, 15) is 18.0 Å². The van der Waals surface area contributed by atoms with E-state index < -0.39 is 22.0 Å². The fraction of sp³-hybridized carbons (Fsp3) is 0.391. The number of carbonyl (C=O) groups is 2. The van der Waals surface area contributed by atoms with Crippen LogP contribution in [0.15, 0.2) is 59.5 Å². The van der Waals surface area contributed by atoms with Gasteiger partial charge in [0.05, 0.1) is 11.4 Å². The van der Waals surface area contributed by atoms with E-state index >= 15 is 0 Å². The molecule has 0 radical (unpaired) electrons. The van der Waals surface area contributed by atoms with Crippen LogP contribution in [0.1, 0.15) is 31.4 Å². The molecule has 0 aromatic heterocycles. The number of carbonyl (C=O) groups excluding carboxylic acids is 2. The molecule has 0 aliphatic rings. The molecule has 0 fully saturated rings. The zero-order valence-corrected chi connectivity index (χ0v) is 19.4. The average Bonchev–Trinajstić information content (AvgIpc) is 2.76. The molecule has 8 heteroatoms. The van der Waals surface area contributed by atoms with Crippen molar-refractivity contribution in [3.8, 4) is 0 Å². The van der Waals surface area contributed by atoms with Crippen molar-refractivity contribution in [2.45, 2.75) is 44.7 Å². The second-order valence-electron chi connectivity index (χ2n) is 7.55. The Hall–Kier alpha value is -2.71. The zero-order chi connectivity index (χ0) is 23.0. The summed E-state index contributed by atoms with van der Waals surface area (Å²) in [5.74, 6) is -0.712. The van der Waals surface area contributed by atoms with E-state index in [-0.39, 0.29) is 23.9 Å². The third kappa shape index (κ3) is 6.63. The first-order chi connectivity index (χ1) is 14.7. The van der Waals surface area contributed by atoms with E-state index in [1.165, 1.54) is 24.1 Å². The predicted molar refractivity (Wildman–Crippen MR) is 121 cm³/mol. The molecule has 0 spiro atoms. The van der Waals surface area contributed by atoms with E-state index in [0.717, 1.165) is 21.9 Å². The van der Waals surface area contributed by atoms with Gasteiger partial charge in [-0.3, -0.25) is 9.59 Å². The van der Waals surface area contributed by atoms with Crippen molar-refractivity contribution in [3.05, 3.63) is 65.7 Å². The quantitative estimate of drug-likeness (QED) is 0.609. The van der Waals surface area contributed by atoms with Gasteiger partial charge in [-0.1, -0.05) is 55.0 Å². The number of likely N-dealkylation sites (N-methyl/N-ethyl adjacent to an activating group) is 1. The highest BCUT2D eigenvalue weighted by molar-refractivity contribution is 7.89. The van der Waals surface area contributed by atoms with Crippen molar-refractivity contribution in [1.82, 2.24) is 14.5 Å². The summed E-state index contributed by atoms with van der Waals surface area (Å²) in [6, 6.07) is 15.0. The van der Waals surface area contributed by atoms with Crippen LogP contribution in [0.5, 0.6) is 0 Å². The molecule has 0 aliphatic heterocycles. The summed E-state index contributed by atoms with van der Waals surface area (Å²) in [7, 11) is -2.46. The SMILES string of the molecule is CCCNC(=O)[C@H](C)N(Cc1ccccc1)C(=O)CN(C)S(=O)(=O)c1ccc(C)cc1. The Kier molecular flexibility index (Phi) is 8.76. The minimum Gasteiger partial charge on any atom is -0.354 e. The van der Waals surface area contributed by atoms with E-state index in [1.54, 1.807) is 19.1 Å². The fourth-order valence-corrected chi connectivity index (χ4v) is 4.14. The maximum absolute atomic E-state index is 13.1. The summed E-state index contributed by atoms with van der Waals surface area (Å²) >= 11 is 0. The molecule has 168 valence electrons. The van der Waals surface area contributed by atoms with Crippen LogP contribution in [0.2, 0.25) is 0 Å². The first-order valence-corrected chi connectivity index (χ1v) is 11.7. The molecule has 1 N–H and O–H groups in total. The van der Waals surface area contributed by atoms with Gasteiger partial charge in [0, 0.05) is 20.1 Å². The summed E-state index contributed by atoms with van der Waals surface area (Å²) in [5.41, 5.74) is 1.80. The minimum atomic E-state index is -3.83. The molecule has 2 amide bonds. The van der Waals surface area contributed by atoms with Crippen molar-refractivity contribution < 1.29 is 18.0 Å². The van der Waals surface area contributed by atoms with Crippen LogP contribution < -0.4 is 5.32 Å². The molecule has 0 unspecified atom stereocenters. The fourth-order valence-electron chi connectivity index (χ4n) is 3.02. The number of rotatable bonds is 10. The molecule has 7 nitrogen and oxygen atoms in total. The van der Waals surface area contributed by atoms with Crippen molar-refractivity contribution in [3.63, 3.8) is 0 Å². The lowest BCUT2D eigenvalue weighted by Gasteiger charge is -2.30. The number of benzene rings is 2. The normalized spacial score (nSPS) is 12.4. The lowest BCUT2D eigenvalue weighted by atomic mass is 10.1. The van der Waals surface area contributed by atoms with Crippen LogP contribution in [0.25, 0.3) is 0 Å². The van der Waals surface area contributed by atoms with Crippen LogP contribution in [0.3, 0.4) is 0 Å². The van der Waals surface area contributed by atoms with Crippen LogP contribution in [0, 0.1) is 6.92 Å². The molecule has 1 atom stereocenters. The van der Waals surface area contributed by atoms with Crippen LogP contribution in [0.4, 0.5) is 0 Å². The first-order valence-electron chi connectivity index (χ1n) is 10.3. The molecule has 0 bridgehead atoms. The molecule has 0 saturated carbocycles. The Morgan fingerprint density at radius 1 is 1.03 bits per heavy atom. The number of nitrogens with zero attached hydrogens (tertiary/aromatic N) is 2. The lowest BCUT2D eigenvalue weighted by molar-refractivity contribution is -0.140. The molecule has 2 aromatic rings. The Morgan fingerprint density at radius 2 is 1.65 bits per heavy atom. The number of nitrogens with one attached hydrogen (secondary N) is 1. The second kappa shape index (κ2) is 11.1. The molecule has 0 heterocycles. The second-order valence-corrected chi connectivity index (χ2v) is 9.59. The van der Waals surface area contributed by atoms with Gasteiger partial charge in [-0.2, -0.15) is 4.31 Å². The van der Waals surface area contributed by atoms with Gasteiger partial charge >= 0.3 is 0 Å². The number of sulfonamides is 1. The van der Waals surface area contributed by atoms with Crippen molar-refractivity contribution >= 4 is 21.8 Å². The largest absolute Gasteiger partial charge is 0.354 e. The van der Waals surface area contributed by atoms with Gasteiger partial charge in [0.2, 0.25) is 21.8 Å². The number of hydrogen-bond acceptors (Lipinski definition) is 4. The Labute approximate surface area is 185 Å². The number of hydrogen-bond donors (Lipinski definition) is 1. The lowest BCUT2D eigenvalue weighted by Crippen LogP contribution is -2.50. The summed E-state index contributed by atoms with van der Waals surface area (Å²) in [5, 5.41) is 2.80. The van der Waals surface area contributed by atoms with Gasteiger partial charge in [0.25, 0.3) is 0 Å². The van der Waals surface area contributed by atoms with Gasteiger partial charge in [-0.15, -0.1) is 0 Å². The monoisotopic (exact) mass is 445 g/mol. The van der Waals surface area contributed by atoms with Crippen molar-refractivity contribution in [2.24, 2.45) is 0 Å². The van der Waals surface area contributed by atoms with E-state index in [4.69, 9.17) is 0 Å². The highest BCUT2D eigenvalue weighted by Crippen LogP contribution is 2.16. The Morgan fingerprint density at radius 3 is 2.23 bits per heavy atom. The van der Waals surface area contributed by atoms with Gasteiger partial charge < -0.3 is 10.2 Å². The smallest absolute Gasteiger partial charge is 0.243 e. The van der Waals surface area contributed by atoms with Gasteiger partial charge in [0.15, 0.2) is 0 Å². The molecule has 0 aliphatic carbocycles. The highest BCUT2D eigenvalue weighted by Gasteiger charge is 2.30. The standard InChI is InChI=1S/C23H31N3O4S/c1-5-15-24-23(28)19(3)26(16-20-9-7-6-8-10-20)22(27)17-25(4)31(29,30)21-13-11-18(2)12-14-21/h6-14,19H,5,15-17H2,1-4H3,(H,24,28)/t19-/m0/s1. The van der Waals surface area contributed by atoms with Crippen LogP contribution >= 0.6 is 0 Å². The topological polar surface area (TPSA) is 86.8 Å². The molecular weight excluding hydrogens is 414 g/mol. The van der Waals surface area contributed by atoms with Gasteiger partial charge in [0.1, 0.15) is 6.04 Å². The van der Waals surface area contributed by atoms with Crippen LogP contribution in [-0.2, 0) is 26.2 Å². The summed E-state index contributed by atoms with van der Waals surface area (Å²) in [6.07, 6.45) is 0.780. The van der Waals surface area contributed by atoms with Crippen LogP contribution in [-0.4, -0.2) is 55.6 Å². The van der Waals surface area contributed by atoms with Gasteiger partial charge in [-0.05, 0) is 38.0 Å². The van der Waals surface area contributed by atoms with Crippen molar-refractivity contribution in [2.75, 3.05) is 20.1 Å². The minimum absolute atomic E-state index is 0.122. The Bertz CT molecular complexity index is 976. The third-order valence-corrected chi connectivity index (χ3v) is 6.82. The number of aryl methyl sites for hydroxylation is 1. The molecule has 31 heavy (non-hydrogen) atoms. The summed E-state index contributed by atoms with van der Waals surface area (Å²) in [6.45, 7) is 5.82. The maximum atomic E-state index is 13.1. The summed E-state index contributed by atoms with van der Waals surface area (Å²) in [4.78, 5) is 27.2. The maximum Gasteiger partial charge on any atom is 0.243 e. The van der Waals surface area contributed by atoms with Crippen molar-refractivity contribution in [1.29, 1.82) is 0 Å². The molecule has 0 saturated heterocycles. The molecule has 2 rings (SSSR count). The molecular formula is C23H31N3O4S. The predicted octanol–water partition coefficient (Wildman–Crippen LogP) is 2.56. The van der Waals surface area contributed by atoms with Gasteiger partial charge in [-0.25, -0.2) is 8.42 Å². The first kappa shape index (κ1) is 24.6. The molecule has 2 aromatic carbocycles.